The number of anilines is 1. The molecule has 1 amide bonds. The minimum absolute atomic E-state index is 0. The minimum atomic E-state index is -0.0784. The fraction of sp³-hybridized carbons (Fsp3) is 0.667. The van der Waals surface area contributed by atoms with Gasteiger partial charge >= 0.3 is 5.97 Å². The molecular weight excluding hydrogens is 811 g/mol. The molecule has 3 rings (SSSR count). The Hall–Kier alpha value is -1.87. The molecule has 0 atom stereocenters. The van der Waals surface area contributed by atoms with Gasteiger partial charge in [0.25, 0.3) is 5.56 Å². The van der Waals surface area contributed by atoms with E-state index >= 15 is 0 Å². The van der Waals surface area contributed by atoms with E-state index < -0.39 is 0 Å². The van der Waals surface area contributed by atoms with Gasteiger partial charge in [0, 0.05) is 89.7 Å². The maximum atomic E-state index is 11.4. The quantitative estimate of drug-likeness (QED) is 0.0691. The summed E-state index contributed by atoms with van der Waals surface area (Å²) in [6.07, 6.45) is 12.8. The Morgan fingerprint density at radius 3 is 2.13 bits per heavy atom. The zero-order chi connectivity index (χ0) is 36.9. The molecule has 12 nitrogen and oxygen atoms in total. The summed E-state index contributed by atoms with van der Waals surface area (Å²) < 4.78 is 27.3. The fourth-order valence-corrected chi connectivity index (χ4v) is 4.70. The van der Waals surface area contributed by atoms with Crippen LogP contribution in [0.15, 0.2) is 41.3 Å². The largest absolute Gasteiger partial charge is 0.466 e. The molecule has 2 N–H and O–H groups in total. The van der Waals surface area contributed by atoms with Crippen LogP contribution in [0.1, 0.15) is 90.3 Å². The number of unbranched alkanes of at least 4 members (excludes halogenated alkanes) is 5. The molecule has 2 aromatic rings. The van der Waals surface area contributed by atoms with Gasteiger partial charge in [0.1, 0.15) is 5.82 Å². The molecular formula is C39H67N4O8Tb-. The Morgan fingerprint density at radius 2 is 1.54 bits per heavy atom. The number of fused-ring (bicyclic) bond motifs is 1. The van der Waals surface area contributed by atoms with E-state index in [-0.39, 0.29) is 63.2 Å². The third-order valence-corrected chi connectivity index (χ3v) is 7.62. The monoisotopic (exact) mass is 878 g/mol. The van der Waals surface area contributed by atoms with Crippen molar-refractivity contribution in [1.29, 1.82) is 0 Å². The van der Waals surface area contributed by atoms with Crippen LogP contribution < -0.4 is 16.2 Å². The number of carbonyl (C=O) groups excluding carboxylic acids is 2. The van der Waals surface area contributed by atoms with Crippen molar-refractivity contribution in [3.63, 3.8) is 0 Å². The van der Waals surface area contributed by atoms with E-state index in [1.807, 2.05) is 33.8 Å². The Kier molecular flexibility index (Phi) is 33.8. The molecule has 0 saturated heterocycles. The number of ether oxygens (including phenoxy) is 5. The number of methoxy groups -OCH3 is 1. The zero-order valence-electron chi connectivity index (χ0n) is 32.7. The van der Waals surface area contributed by atoms with Gasteiger partial charge in [0.15, 0.2) is 0 Å². The van der Waals surface area contributed by atoms with Crippen LogP contribution >= 0.6 is 0 Å². The standard InChI is InChI=1S/C20H30N2O3.C13H22N2O4.C5H12O.CH3.Tb/c1-2-25-19(24)12-8-6-4-3-5-7-11-18-14-13-17-10-9-15-22(16-23)20(17)21-18;14-4-7-17-9-11-19-12-10-18-8-6-15-5-2-1-3-13(15)16;1-5(2,3)6-4;;/h13-14,16H,2-12,15H2,1H3;1-3,5H,4,6-12,14H2;1-4H3;1H3;/q;;;-1;. The van der Waals surface area contributed by atoms with Crippen LogP contribution in [0.2, 0.25) is 0 Å². The predicted octanol–water partition coefficient (Wildman–Crippen LogP) is 5.57. The molecule has 52 heavy (non-hydrogen) atoms. The second kappa shape index (κ2) is 33.7. The molecule has 0 spiro atoms. The van der Waals surface area contributed by atoms with Crippen LogP contribution in [0, 0.1) is 46.0 Å². The van der Waals surface area contributed by atoms with E-state index in [2.05, 4.69) is 12.1 Å². The van der Waals surface area contributed by atoms with Gasteiger partial charge in [-0.3, -0.25) is 19.3 Å². The van der Waals surface area contributed by atoms with E-state index in [1.165, 1.54) is 24.5 Å². The number of esters is 1. The van der Waals surface area contributed by atoms with Crippen molar-refractivity contribution in [3.05, 3.63) is 65.6 Å². The fourth-order valence-electron chi connectivity index (χ4n) is 4.70. The Bertz CT molecular complexity index is 1230. The normalized spacial score (nSPS) is 11.8. The molecule has 0 unspecified atom stereocenters. The van der Waals surface area contributed by atoms with Gasteiger partial charge in [-0.2, -0.15) is 0 Å². The van der Waals surface area contributed by atoms with E-state index in [0.29, 0.717) is 65.8 Å². The zero-order valence-corrected chi connectivity index (χ0v) is 34.8. The number of hydrogen-bond donors (Lipinski definition) is 1. The summed E-state index contributed by atoms with van der Waals surface area (Å²) in [7, 11) is 1.71. The maximum Gasteiger partial charge on any atom is 0.305 e. The van der Waals surface area contributed by atoms with Gasteiger partial charge < -0.3 is 41.4 Å². The van der Waals surface area contributed by atoms with Crippen LogP contribution in [0.4, 0.5) is 5.82 Å². The first kappa shape index (κ1) is 52.2. The van der Waals surface area contributed by atoms with Crippen LogP contribution in [-0.4, -0.2) is 94.0 Å². The van der Waals surface area contributed by atoms with E-state index in [4.69, 9.17) is 34.4 Å². The molecule has 2 aromatic heterocycles. The van der Waals surface area contributed by atoms with Crippen molar-refractivity contribution in [2.45, 2.75) is 104 Å². The van der Waals surface area contributed by atoms with Gasteiger partial charge in [-0.25, -0.2) is 4.98 Å². The molecule has 3 heterocycles. The van der Waals surface area contributed by atoms with Gasteiger partial charge in [-0.1, -0.05) is 37.8 Å². The first-order valence-electron chi connectivity index (χ1n) is 18.1. The number of amides is 1. The van der Waals surface area contributed by atoms with Crippen LogP contribution in [-0.2, 0) is 52.7 Å². The predicted molar refractivity (Wildman–Crippen MR) is 204 cm³/mol. The summed E-state index contributed by atoms with van der Waals surface area (Å²) in [6, 6.07) is 9.31. The van der Waals surface area contributed by atoms with Crippen LogP contribution in [0.5, 0.6) is 0 Å². The van der Waals surface area contributed by atoms with Crippen molar-refractivity contribution >= 4 is 18.2 Å². The number of aromatic nitrogens is 2. The number of pyridine rings is 2. The summed E-state index contributed by atoms with van der Waals surface area (Å²) >= 11 is 0. The average Bonchev–Trinajstić information content (AvgIpc) is 3.11. The molecule has 13 heteroatoms. The van der Waals surface area contributed by atoms with E-state index in [1.54, 1.807) is 28.8 Å². The number of carbonyl (C=O) groups is 2. The molecule has 1 aliphatic rings. The second-order valence-corrected chi connectivity index (χ2v) is 12.8. The van der Waals surface area contributed by atoms with Crippen molar-refractivity contribution in [2.24, 2.45) is 5.73 Å². The summed E-state index contributed by atoms with van der Waals surface area (Å²) in [6.45, 7) is 13.4. The second-order valence-electron chi connectivity index (χ2n) is 12.8. The van der Waals surface area contributed by atoms with Crippen LogP contribution in [0.3, 0.4) is 0 Å². The molecule has 0 saturated carbocycles. The van der Waals surface area contributed by atoms with Gasteiger partial charge in [0.05, 0.1) is 51.8 Å². The van der Waals surface area contributed by atoms with Crippen molar-refractivity contribution < 1.29 is 71.9 Å². The maximum absolute atomic E-state index is 11.4. The summed E-state index contributed by atoms with van der Waals surface area (Å²) in [5.41, 5.74) is 7.56. The number of rotatable bonds is 22. The molecule has 0 aromatic carbocycles. The summed E-state index contributed by atoms with van der Waals surface area (Å²) in [4.78, 5) is 40.2. The molecule has 0 fully saturated rings. The Balaban J connectivity index is 0. The van der Waals surface area contributed by atoms with Crippen molar-refractivity contribution in [3.8, 4) is 0 Å². The third kappa shape index (κ3) is 26.8. The summed E-state index contributed by atoms with van der Waals surface area (Å²) in [5, 5.41) is 0. The van der Waals surface area contributed by atoms with Crippen LogP contribution in [0.25, 0.3) is 0 Å². The Labute approximate surface area is 344 Å². The van der Waals surface area contributed by atoms with Crippen molar-refractivity contribution in [2.75, 3.05) is 71.3 Å². The number of nitrogens with zero attached hydrogens (tertiary/aromatic N) is 3. The van der Waals surface area contributed by atoms with Gasteiger partial charge in [-0.15, -0.1) is 0 Å². The smallest absolute Gasteiger partial charge is 0.305 e. The number of aryl methyl sites for hydroxylation is 2. The first-order valence-corrected chi connectivity index (χ1v) is 18.1. The molecule has 1 radical (unpaired) electrons. The first-order chi connectivity index (χ1) is 24.1. The Morgan fingerprint density at radius 1 is 0.923 bits per heavy atom. The average molecular weight is 879 g/mol. The van der Waals surface area contributed by atoms with Gasteiger partial charge in [0.2, 0.25) is 6.41 Å². The summed E-state index contributed by atoms with van der Waals surface area (Å²) in [5.74, 6) is 0.781. The molecule has 0 bridgehead atoms. The van der Waals surface area contributed by atoms with E-state index in [0.717, 1.165) is 69.4 Å². The van der Waals surface area contributed by atoms with Crippen molar-refractivity contribution in [1.82, 2.24) is 9.55 Å². The molecule has 1 aliphatic heterocycles. The molecule has 0 aliphatic carbocycles. The number of hydrogen-bond acceptors (Lipinski definition) is 10. The molecule has 301 valence electrons. The number of nitrogens with two attached hydrogens (primary N) is 1. The van der Waals surface area contributed by atoms with Gasteiger partial charge in [-0.05, 0) is 77.5 Å². The topological polar surface area (TPSA) is 144 Å². The van der Waals surface area contributed by atoms with E-state index in [9.17, 15) is 14.4 Å². The third-order valence-electron chi connectivity index (χ3n) is 7.62. The minimum Gasteiger partial charge on any atom is -0.466 e. The SMILES string of the molecule is CCOC(=O)CCCCCCCCc1ccc2c(n1)N(C=O)CCC2.COC(C)(C)C.NCCOCCOCCOCCn1ccccc1=O.[CH3-].[Tb].